The SMILES string of the molecule is C[C@H](NC(=O)COc1ccccc1)C(=O)Nc1ccc(CC#N)cc1. The van der Waals surface area contributed by atoms with Crippen LogP contribution >= 0.6 is 0 Å². The van der Waals surface area contributed by atoms with Crippen molar-refractivity contribution in [3.8, 4) is 11.8 Å². The van der Waals surface area contributed by atoms with Crippen LogP contribution in [0.4, 0.5) is 5.69 Å². The number of para-hydroxylation sites is 1. The van der Waals surface area contributed by atoms with Gasteiger partial charge in [-0.2, -0.15) is 5.26 Å². The molecule has 2 aromatic carbocycles. The Morgan fingerprint density at radius 1 is 1.12 bits per heavy atom. The molecule has 0 saturated heterocycles. The van der Waals surface area contributed by atoms with Crippen molar-refractivity contribution in [2.45, 2.75) is 19.4 Å². The Kier molecular flexibility index (Phi) is 6.55. The van der Waals surface area contributed by atoms with Crippen molar-refractivity contribution in [2.24, 2.45) is 0 Å². The summed E-state index contributed by atoms with van der Waals surface area (Å²) in [5, 5.41) is 13.9. The molecule has 2 rings (SSSR count). The molecule has 0 aliphatic rings. The van der Waals surface area contributed by atoms with E-state index < -0.39 is 6.04 Å². The van der Waals surface area contributed by atoms with Crippen LogP contribution in [0.2, 0.25) is 0 Å². The predicted octanol–water partition coefficient (Wildman–Crippen LogP) is 2.27. The highest BCUT2D eigenvalue weighted by Gasteiger charge is 2.16. The lowest BCUT2D eigenvalue weighted by atomic mass is 10.1. The molecule has 0 bridgehead atoms. The van der Waals surface area contributed by atoms with E-state index in [9.17, 15) is 9.59 Å². The molecule has 128 valence electrons. The molecule has 1 atom stereocenters. The van der Waals surface area contributed by atoms with Gasteiger partial charge in [0.2, 0.25) is 5.91 Å². The van der Waals surface area contributed by atoms with E-state index in [0.29, 0.717) is 17.9 Å². The van der Waals surface area contributed by atoms with Crippen molar-refractivity contribution in [3.63, 3.8) is 0 Å². The van der Waals surface area contributed by atoms with Crippen molar-refractivity contribution in [1.82, 2.24) is 5.32 Å². The molecule has 2 aromatic rings. The fourth-order valence-corrected chi connectivity index (χ4v) is 2.06. The number of anilines is 1. The zero-order valence-electron chi connectivity index (χ0n) is 13.9. The van der Waals surface area contributed by atoms with E-state index >= 15 is 0 Å². The van der Waals surface area contributed by atoms with Crippen molar-refractivity contribution < 1.29 is 14.3 Å². The molecule has 0 saturated carbocycles. The van der Waals surface area contributed by atoms with E-state index in [1.807, 2.05) is 18.2 Å². The van der Waals surface area contributed by atoms with Gasteiger partial charge in [-0.3, -0.25) is 9.59 Å². The number of nitrogens with one attached hydrogen (secondary N) is 2. The molecular formula is C19H19N3O3. The smallest absolute Gasteiger partial charge is 0.258 e. The second-order valence-electron chi connectivity index (χ2n) is 5.41. The molecule has 0 fully saturated rings. The maximum atomic E-state index is 12.1. The third-order valence-corrected chi connectivity index (χ3v) is 3.39. The van der Waals surface area contributed by atoms with Gasteiger partial charge in [0.25, 0.3) is 5.91 Å². The number of hydrogen-bond acceptors (Lipinski definition) is 4. The van der Waals surface area contributed by atoms with Gasteiger partial charge in [-0.15, -0.1) is 0 Å². The number of nitriles is 1. The molecule has 6 nitrogen and oxygen atoms in total. The summed E-state index contributed by atoms with van der Waals surface area (Å²) in [6.07, 6.45) is 0.322. The summed E-state index contributed by atoms with van der Waals surface area (Å²) in [7, 11) is 0. The lowest BCUT2D eigenvalue weighted by molar-refractivity contribution is -0.127. The van der Waals surface area contributed by atoms with Crippen molar-refractivity contribution >= 4 is 17.5 Å². The highest BCUT2D eigenvalue weighted by molar-refractivity contribution is 5.97. The number of benzene rings is 2. The van der Waals surface area contributed by atoms with Crippen LogP contribution in [0.3, 0.4) is 0 Å². The van der Waals surface area contributed by atoms with E-state index in [4.69, 9.17) is 10.00 Å². The number of amides is 2. The molecule has 0 spiro atoms. The van der Waals surface area contributed by atoms with Crippen LogP contribution in [0.1, 0.15) is 12.5 Å². The van der Waals surface area contributed by atoms with Crippen LogP contribution in [-0.4, -0.2) is 24.5 Å². The van der Waals surface area contributed by atoms with Crippen LogP contribution in [0, 0.1) is 11.3 Å². The first-order valence-electron chi connectivity index (χ1n) is 7.82. The number of nitrogens with zero attached hydrogens (tertiary/aromatic N) is 1. The van der Waals surface area contributed by atoms with Crippen LogP contribution < -0.4 is 15.4 Å². The third-order valence-electron chi connectivity index (χ3n) is 3.39. The molecule has 6 heteroatoms. The van der Waals surface area contributed by atoms with Gasteiger partial charge >= 0.3 is 0 Å². The summed E-state index contributed by atoms with van der Waals surface area (Å²) in [6.45, 7) is 1.43. The van der Waals surface area contributed by atoms with Crippen molar-refractivity contribution in [1.29, 1.82) is 5.26 Å². The molecule has 25 heavy (non-hydrogen) atoms. The van der Waals surface area contributed by atoms with Crippen LogP contribution in [0.5, 0.6) is 5.75 Å². The fraction of sp³-hybridized carbons (Fsp3) is 0.211. The number of rotatable bonds is 7. The summed E-state index contributed by atoms with van der Waals surface area (Å²) in [4.78, 5) is 24.0. The molecule has 2 N–H and O–H groups in total. The predicted molar refractivity (Wildman–Crippen MR) is 93.9 cm³/mol. The maximum absolute atomic E-state index is 12.1. The van der Waals surface area contributed by atoms with Gasteiger partial charge in [0.05, 0.1) is 12.5 Å². The first-order chi connectivity index (χ1) is 12.1. The van der Waals surface area contributed by atoms with Crippen LogP contribution in [0.15, 0.2) is 54.6 Å². The number of ether oxygens (including phenoxy) is 1. The van der Waals surface area contributed by atoms with E-state index in [2.05, 4.69) is 16.7 Å². The van der Waals surface area contributed by atoms with Gasteiger partial charge < -0.3 is 15.4 Å². The normalized spacial score (nSPS) is 11.0. The quantitative estimate of drug-likeness (QED) is 0.811. The van der Waals surface area contributed by atoms with Gasteiger partial charge in [-0.25, -0.2) is 0 Å². The Hall–Kier alpha value is -3.33. The van der Waals surface area contributed by atoms with Gasteiger partial charge in [0.1, 0.15) is 11.8 Å². The van der Waals surface area contributed by atoms with E-state index in [-0.39, 0.29) is 18.4 Å². The van der Waals surface area contributed by atoms with E-state index in [1.165, 1.54) is 0 Å². The lowest BCUT2D eigenvalue weighted by Gasteiger charge is -2.14. The fourth-order valence-electron chi connectivity index (χ4n) is 2.06. The molecule has 0 heterocycles. The van der Waals surface area contributed by atoms with Crippen LogP contribution in [0.25, 0.3) is 0 Å². The molecular weight excluding hydrogens is 318 g/mol. The Morgan fingerprint density at radius 3 is 2.44 bits per heavy atom. The Morgan fingerprint density at radius 2 is 1.80 bits per heavy atom. The molecule has 0 radical (unpaired) electrons. The molecule has 0 aromatic heterocycles. The lowest BCUT2D eigenvalue weighted by Crippen LogP contribution is -2.43. The summed E-state index contributed by atoms with van der Waals surface area (Å²) < 4.78 is 5.33. The average Bonchev–Trinajstić information content (AvgIpc) is 2.62. The van der Waals surface area contributed by atoms with E-state index in [1.54, 1.807) is 43.3 Å². The number of carbonyl (C=O) groups is 2. The Balaban J connectivity index is 1.79. The van der Waals surface area contributed by atoms with Gasteiger partial charge in [-0.1, -0.05) is 30.3 Å². The summed E-state index contributed by atoms with van der Waals surface area (Å²) in [5.74, 6) is -0.121. The van der Waals surface area contributed by atoms with Gasteiger partial charge in [0.15, 0.2) is 6.61 Å². The highest BCUT2D eigenvalue weighted by Crippen LogP contribution is 2.10. The number of hydrogen-bond donors (Lipinski definition) is 2. The first-order valence-corrected chi connectivity index (χ1v) is 7.82. The summed E-state index contributed by atoms with van der Waals surface area (Å²) in [5.41, 5.74) is 1.48. The minimum Gasteiger partial charge on any atom is -0.484 e. The highest BCUT2D eigenvalue weighted by atomic mass is 16.5. The van der Waals surface area contributed by atoms with Crippen molar-refractivity contribution in [2.75, 3.05) is 11.9 Å². The molecule has 0 aliphatic heterocycles. The van der Waals surface area contributed by atoms with Gasteiger partial charge in [-0.05, 0) is 36.8 Å². The Bertz CT molecular complexity index is 752. The Labute approximate surface area is 146 Å². The first kappa shape index (κ1) is 18.0. The third kappa shape index (κ3) is 5.99. The second kappa shape index (κ2) is 9.08. The summed E-state index contributed by atoms with van der Waals surface area (Å²) >= 11 is 0. The van der Waals surface area contributed by atoms with E-state index in [0.717, 1.165) is 5.56 Å². The zero-order valence-corrected chi connectivity index (χ0v) is 13.9. The maximum Gasteiger partial charge on any atom is 0.258 e. The summed E-state index contributed by atoms with van der Waals surface area (Å²) in [6, 6.07) is 17.3. The monoisotopic (exact) mass is 337 g/mol. The molecule has 0 unspecified atom stereocenters. The average molecular weight is 337 g/mol. The van der Waals surface area contributed by atoms with Gasteiger partial charge in [0, 0.05) is 5.69 Å². The second-order valence-corrected chi connectivity index (χ2v) is 5.41. The zero-order chi connectivity index (χ0) is 18.1. The minimum absolute atomic E-state index is 0.162. The standard InChI is InChI=1S/C19H19N3O3/c1-14(21-18(23)13-25-17-5-3-2-4-6-17)19(24)22-16-9-7-15(8-10-16)11-12-20/h2-10,14H,11,13H2,1H3,(H,21,23)(H,22,24)/t14-/m0/s1. The van der Waals surface area contributed by atoms with Crippen LogP contribution in [-0.2, 0) is 16.0 Å². The largest absolute Gasteiger partial charge is 0.484 e. The minimum atomic E-state index is -0.703. The molecule has 0 aliphatic carbocycles. The number of carbonyl (C=O) groups excluding carboxylic acids is 2. The topological polar surface area (TPSA) is 91.2 Å². The molecule has 2 amide bonds. The van der Waals surface area contributed by atoms with Crippen molar-refractivity contribution in [3.05, 3.63) is 60.2 Å².